The van der Waals surface area contributed by atoms with Gasteiger partial charge in [-0.25, -0.2) is 9.50 Å². The molecule has 1 aromatic carbocycles. The van der Waals surface area contributed by atoms with Gasteiger partial charge in [-0.05, 0) is 32.4 Å². The Balaban J connectivity index is 1.66. The monoisotopic (exact) mass is 394 g/mol. The van der Waals surface area contributed by atoms with E-state index in [2.05, 4.69) is 25.5 Å². The quantitative estimate of drug-likeness (QED) is 0.517. The number of carbonyl (C=O) groups is 1. The fourth-order valence-corrected chi connectivity index (χ4v) is 3.75. The van der Waals surface area contributed by atoms with E-state index in [4.69, 9.17) is 4.52 Å². The molecule has 0 saturated heterocycles. The molecule has 4 rings (SSSR count). The summed E-state index contributed by atoms with van der Waals surface area (Å²) in [5.41, 5.74) is 2.64. The summed E-state index contributed by atoms with van der Waals surface area (Å²) in [4.78, 5) is 21.9. The van der Waals surface area contributed by atoms with Crippen LogP contribution >= 0.6 is 11.8 Å². The lowest BCUT2D eigenvalue weighted by molar-refractivity contribution is -0.115. The number of benzene rings is 1. The Morgan fingerprint density at radius 2 is 1.93 bits per heavy atom. The van der Waals surface area contributed by atoms with Crippen LogP contribution in [0.3, 0.4) is 0 Å². The summed E-state index contributed by atoms with van der Waals surface area (Å²) in [6.07, 6.45) is 0. The molecule has 0 aliphatic rings. The highest BCUT2D eigenvalue weighted by atomic mass is 32.2. The minimum atomic E-state index is -0.558. The van der Waals surface area contributed by atoms with Crippen LogP contribution in [0.25, 0.3) is 5.78 Å². The van der Waals surface area contributed by atoms with Gasteiger partial charge < -0.3 is 9.84 Å². The van der Waals surface area contributed by atoms with Gasteiger partial charge in [0.05, 0.1) is 0 Å². The van der Waals surface area contributed by atoms with Crippen molar-refractivity contribution in [1.82, 2.24) is 24.7 Å². The molecule has 8 nitrogen and oxygen atoms in total. The van der Waals surface area contributed by atoms with Gasteiger partial charge in [-0.2, -0.15) is 4.98 Å². The molecule has 9 heteroatoms. The van der Waals surface area contributed by atoms with E-state index in [1.807, 2.05) is 50.2 Å². The first-order chi connectivity index (χ1) is 13.5. The number of nitrogens with zero attached hydrogens (tertiary/aromatic N) is 5. The predicted molar refractivity (Wildman–Crippen MR) is 105 cm³/mol. The number of amides is 1. The zero-order chi connectivity index (χ0) is 19.7. The number of aromatic nitrogens is 5. The first-order valence-electron chi connectivity index (χ1n) is 8.66. The number of nitrogens with one attached hydrogen (secondary N) is 1. The predicted octanol–water partition coefficient (Wildman–Crippen LogP) is 3.51. The van der Waals surface area contributed by atoms with Crippen LogP contribution in [0.5, 0.6) is 0 Å². The Bertz CT molecular complexity index is 1140. The van der Waals surface area contributed by atoms with Gasteiger partial charge in [0.1, 0.15) is 11.0 Å². The SMILES string of the molecule is Cc1cc(C)n2nc(SC(C(=O)Nc3cc(C)on3)c3ccccc3)nc2n1. The smallest absolute Gasteiger partial charge is 0.253 e. The lowest BCUT2D eigenvalue weighted by atomic mass is 10.1. The molecule has 0 spiro atoms. The van der Waals surface area contributed by atoms with Gasteiger partial charge in [-0.15, -0.1) is 5.10 Å². The minimum absolute atomic E-state index is 0.232. The molecule has 0 saturated carbocycles. The highest BCUT2D eigenvalue weighted by Crippen LogP contribution is 2.34. The third-order valence-corrected chi connectivity index (χ3v) is 5.15. The van der Waals surface area contributed by atoms with Crippen molar-refractivity contribution in [1.29, 1.82) is 0 Å². The fraction of sp³-hybridized carbons (Fsp3) is 0.211. The number of rotatable bonds is 5. The maximum Gasteiger partial charge on any atom is 0.253 e. The fourth-order valence-electron chi connectivity index (χ4n) is 2.82. The number of aryl methyl sites for hydroxylation is 3. The maximum atomic E-state index is 13.0. The number of hydrogen-bond acceptors (Lipinski definition) is 7. The normalized spacial score (nSPS) is 12.2. The summed E-state index contributed by atoms with van der Waals surface area (Å²) < 4.78 is 6.70. The van der Waals surface area contributed by atoms with Crippen molar-refractivity contribution in [3.63, 3.8) is 0 Å². The first kappa shape index (κ1) is 18.2. The molecule has 28 heavy (non-hydrogen) atoms. The Hall–Kier alpha value is -3.20. The Morgan fingerprint density at radius 1 is 1.14 bits per heavy atom. The average molecular weight is 394 g/mol. The van der Waals surface area contributed by atoms with Crippen LogP contribution in [0, 0.1) is 20.8 Å². The van der Waals surface area contributed by atoms with Gasteiger partial charge in [0.2, 0.25) is 11.1 Å². The lowest BCUT2D eigenvalue weighted by Gasteiger charge is -2.14. The van der Waals surface area contributed by atoms with Crippen molar-refractivity contribution >= 4 is 29.3 Å². The molecule has 0 fully saturated rings. The zero-order valence-electron chi connectivity index (χ0n) is 15.6. The summed E-state index contributed by atoms with van der Waals surface area (Å²) in [6, 6.07) is 13.1. The van der Waals surface area contributed by atoms with E-state index < -0.39 is 5.25 Å². The molecule has 1 amide bonds. The summed E-state index contributed by atoms with van der Waals surface area (Å²) in [5.74, 6) is 1.28. The largest absolute Gasteiger partial charge is 0.360 e. The third-order valence-electron chi connectivity index (χ3n) is 4.04. The second kappa shape index (κ2) is 7.43. The number of fused-ring (bicyclic) bond motifs is 1. The zero-order valence-corrected chi connectivity index (χ0v) is 16.4. The maximum absolute atomic E-state index is 13.0. The van der Waals surface area contributed by atoms with E-state index in [9.17, 15) is 4.79 Å². The van der Waals surface area contributed by atoms with Crippen molar-refractivity contribution < 1.29 is 9.32 Å². The van der Waals surface area contributed by atoms with Gasteiger partial charge in [0, 0.05) is 17.5 Å². The van der Waals surface area contributed by atoms with Gasteiger partial charge in [0.15, 0.2) is 5.82 Å². The summed E-state index contributed by atoms with van der Waals surface area (Å²) in [5, 5.41) is 11.0. The van der Waals surface area contributed by atoms with Crippen molar-refractivity contribution in [2.75, 3.05) is 5.32 Å². The van der Waals surface area contributed by atoms with E-state index in [1.54, 1.807) is 17.5 Å². The number of carbonyl (C=O) groups excluding carboxylic acids is 1. The molecule has 4 aromatic rings. The lowest BCUT2D eigenvalue weighted by Crippen LogP contribution is -2.19. The molecular weight excluding hydrogens is 376 g/mol. The molecule has 3 heterocycles. The molecule has 142 valence electrons. The van der Waals surface area contributed by atoms with Crippen LogP contribution in [0.1, 0.15) is 28.0 Å². The van der Waals surface area contributed by atoms with Crippen LogP contribution in [-0.4, -0.2) is 30.6 Å². The van der Waals surface area contributed by atoms with Crippen LogP contribution in [-0.2, 0) is 4.79 Å². The molecule has 3 aromatic heterocycles. The van der Waals surface area contributed by atoms with E-state index in [0.717, 1.165) is 17.0 Å². The molecule has 1 atom stereocenters. The molecule has 1 N–H and O–H groups in total. The average Bonchev–Trinajstić information content (AvgIpc) is 3.26. The number of hydrogen-bond donors (Lipinski definition) is 1. The second-order valence-electron chi connectivity index (χ2n) is 6.37. The first-order valence-corrected chi connectivity index (χ1v) is 9.54. The molecule has 0 radical (unpaired) electrons. The summed E-state index contributed by atoms with van der Waals surface area (Å²) >= 11 is 1.26. The summed E-state index contributed by atoms with van der Waals surface area (Å²) in [7, 11) is 0. The molecular formula is C19H18N6O2S. The van der Waals surface area contributed by atoms with Crippen LogP contribution < -0.4 is 5.32 Å². The van der Waals surface area contributed by atoms with Gasteiger partial charge in [0.25, 0.3) is 5.78 Å². The third kappa shape index (κ3) is 3.74. The van der Waals surface area contributed by atoms with Gasteiger partial charge >= 0.3 is 0 Å². The second-order valence-corrected chi connectivity index (χ2v) is 7.44. The highest BCUT2D eigenvalue weighted by Gasteiger charge is 2.25. The van der Waals surface area contributed by atoms with E-state index >= 15 is 0 Å². The molecule has 0 bridgehead atoms. The Morgan fingerprint density at radius 3 is 2.64 bits per heavy atom. The molecule has 0 aliphatic carbocycles. The van der Waals surface area contributed by atoms with Crippen LogP contribution in [0.15, 0.2) is 52.1 Å². The van der Waals surface area contributed by atoms with Gasteiger partial charge in [-0.3, -0.25) is 4.79 Å². The van der Waals surface area contributed by atoms with Crippen LogP contribution in [0.4, 0.5) is 5.82 Å². The molecule has 1 unspecified atom stereocenters. The van der Waals surface area contributed by atoms with E-state index in [-0.39, 0.29) is 5.91 Å². The minimum Gasteiger partial charge on any atom is -0.360 e. The summed E-state index contributed by atoms with van der Waals surface area (Å²) in [6.45, 7) is 5.62. The van der Waals surface area contributed by atoms with Crippen molar-refractivity contribution in [3.8, 4) is 0 Å². The van der Waals surface area contributed by atoms with E-state index in [1.165, 1.54) is 11.8 Å². The van der Waals surface area contributed by atoms with Crippen LogP contribution in [0.2, 0.25) is 0 Å². The van der Waals surface area contributed by atoms with Gasteiger partial charge in [-0.1, -0.05) is 47.3 Å². The standard InChI is InChI=1S/C19H18N6O2S/c1-11-9-12(2)25-18(20-11)22-19(23-25)28-16(14-7-5-4-6-8-14)17(26)21-15-10-13(3)27-24-15/h4-10,16H,1-3H3,(H,21,24,26). The van der Waals surface area contributed by atoms with Crippen molar-refractivity contribution in [2.24, 2.45) is 0 Å². The Labute approximate surface area is 165 Å². The van der Waals surface area contributed by atoms with Crippen molar-refractivity contribution in [2.45, 2.75) is 31.2 Å². The van der Waals surface area contributed by atoms with Crippen molar-refractivity contribution in [3.05, 3.63) is 65.2 Å². The molecule has 0 aliphatic heterocycles. The van der Waals surface area contributed by atoms with E-state index in [0.29, 0.717) is 22.5 Å². The topological polar surface area (TPSA) is 98.2 Å². The number of anilines is 1. The Kier molecular flexibility index (Phi) is 4.82. The number of thioether (sulfide) groups is 1. The highest BCUT2D eigenvalue weighted by molar-refractivity contribution is 8.00.